The average molecular weight is 322 g/mol. The first-order valence-electron chi connectivity index (χ1n) is 5.97. The molecule has 2 rings (SSSR count). The molecule has 0 saturated heterocycles. The van der Waals surface area contributed by atoms with Crippen LogP contribution in [-0.4, -0.2) is 24.7 Å². The van der Waals surface area contributed by atoms with Gasteiger partial charge in [0, 0.05) is 11.4 Å². The fourth-order valence-electron chi connectivity index (χ4n) is 1.57. The predicted octanol–water partition coefficient (Wildman–Crippen LogP) is 3.01. The number of thiophene rings is 1. The van der Waals surface area contributed by atoms with E-state index >= 15 is 0 Å². The molecular weight excluding hydrogens is 310 g/mol. The van der Waals surface area contributed by atoms with Gasteiger partial charge in [0.1, 0.15) is 12.4 Å². The van der Waals surface area contributed by atoms with E-state index in [0.717, 1.165) is 0 Å². The lowest BCUT2D eigenvalue weighted by Crippen LogP contribution is -2.11. The molecule has 0 atom stereocenters. The van der Waals surface area contributed by atoms with Crippen LogP contribution in [0.3, 0.4) is 0 Å². The molecule has 0 radical (unpaired) electrons. The van der Waals surface area contributed by atoms with Crippen LogP contribution in [0.4, 0.5) is 5.69 Å². The second-order valence-corrected chi connectivity index (χ2v) is 5.28. The van der Waals surface area contributed by atoms with E-state index in [1.807, 2.05) is 0 Å². The van der Waals surface area contributed by atoms with Gasteiger partial charge in [0.15, 0.2) is 0 Å². The van der Waals surface area contributed by atoms with Crippen LogP contribution in [0.5, 0.6) is 5.75 Å². The summed E-state index contributed by atoms with van der Waals surface area (Å²) in [5.74, 6) is 5.62. The zero-order chi connectivity index (χ0) is 15.2. The normalized spacial score (nSPS) is 9.67. The molecule has 0 aliphatic carbocycles. The van der Waals surface area contributed by atoms with Crippen molar-refractivity contribution >= 4 is 34.5 Å². The highest BCUT2D eigenvalue weighted by Gasteiger charge is 2.11. The third-order valence-corrected chi connectivity index (χ3v) is 3.75. The maximum Gasteiger partial charge on any atom is 0.256 e. The van der Waals surface area contributed by atoms with Crippen molar-refractivity contribution in [3.05, 3.63) is 45.1 Å². The topological polar surface area (TPSA) is 58.6 Å². The molecule has 4 nitrogen and oxygen atoms in total. The molecule has 1 aromatic carbocycles. The van der Waals surface area contributed by atoms with Gasteiger partial charge in [0.25, 0.3) is 5.91 Å². The van der Waals surface area contributed by atoms with Crippen LogP contribution in [-0.2, 0) is 0 Å². The van der Waals surface area contributed by atoms with Crippen molar-refractivity contribution in [3.8, 4) is 17.6 Å². The summed E-state index contributed by atoms with van der Waals surface area (Å²) >= 11 is 7.38. The summed E-state index contributed by atoms with van der Waals surface area (Å²) in [5, 5.41) is 13.5. The van der Waals surface area contributed by atoms with Gasteiger partial charge in [-0.25, -0.2) is 0 Å². The molecular formula is C15H12ClNO3S. The number of hydrogen-bond acceptors (Lipinski definition) is 4. The number of aliphatic hydroxyl groups excluding tert-OH is 1. The lowest BCUT2D eigenvalue weighted by Gasteiger charge is -2.08. The summed E-state index contributed by atoms with van der Waals surface area (Å²) in [5.41, 5.74) is 0.969. The minimum atomic E-state index is -0.279. The fraction of sp³-hybridized carbons (Fsp3) is 0.133. The van der Waals surface area contributed by atoms with Crippen molar-refractivity contribution in [3.63, 3.8) is 0 Å². The van der Waals surface area contributed by atoms with E-state index in [1.54, 1.807) is 36.8 Å². The highest BCUT2D eigenvalue weighted by Crippen LogP contribution is 2.27. The number of benzene rings is 1. The van der Waals surface area contributed by atoms with E-state index in [4.69, 9.17) is 21.4 Å². The summed E-state index contributed by atoms with van der Waals surface area (Å²) < 4.78 is 5.10. The lowest BCUT2D eigenvalue weighted by molar-refractivity contribution is 0.102. The molecule has 0 aliphatic heterocycles. The Morgan fingerprint density at radius 3 is 3.00 bits per heavy atom. The van der Waals surface area contributed by atoms with Gasteiger partial charge in [-0.05, 0) is 18.2 Å². The van der Waals surface area contributed by atoms with Gasteiger partial charge in [-0.1, -0.05) is 23.4 Å². The predicted molar refractivity (Wildman–Crippen MR) is 84.2 cm³/mol. The summed E-state index contributed by atoms with van der Waals surface area (Å²) in [7, 11) is 1.54. The molecule has 0 unspecified atom stereocenters. The molecule has 0 spiro atoms. The van der Waals surface area contributed by atoms with Crippen LogP contribution in [0.1, 0.15) is 15.2 Å². The molecule has 2 aromatic rings. The highest BCUT2D eigenvalue weighted by atomic mass is 35.5. The SMILES string of the molecule is COc1ccc(Cl)c(NC(=O)c2csc(C#CCO)c2)c1. The van der Waals surface area contributed by atoms with Crippen molar-refractivity contribution in [1.29, 1.82) is 0 Å². The van der Waals surface area contributed by atoms with E-state index in [-0.39, 0.29) is 12.5 Å². The second-order valence-electron chi connectivity index (χ2n) is 3.96. The minimum Gasteiger partial charge on any atom is -0.497 e. The van der Waals surface area contributed by atoms with Crippen LogP contribution < -0.4 is 10.1 Å². The number of anilines is 1. The van der Waals surface area contributed by atoms with Gasteiger partial charge in [-0.15, -0.1) is 11.3 Å². The summed E-state index contributed by atoms with van der Waals surface area (Å²) in [6.07, 6.45) is 0. The Kier molecular flexibility index (Phi) is 5.23. The number of halogens is 1. The molecule has 0 aliphatic rings. The Balaban J connectivity index is 2.16. The Hall–Kier alpha value is -2.00. The molecule has 2 N–H and O–H groups in total. The van der Waals surface area contributed by atoms with Crippen molar-refractivity contribution in [1.82, 2.24) is 0 Å². The maximum absolute atomic E-state index is 12.2. The number of hydrogen-bond donors (Lipinski definition) is 2. The van der Waals surface area contributed by atoms with Crippen molar-refractivity contribution in [2.24, 2.45) is 0 Å². The quantitative estimate of drug-likeness (QED) is 0.854. The second kappa shape index (κ2) is 7.14. The van der Waals surface area contributed by atoms with Gasteiger partial charge in [-0.2, -0.15) is 0 Å². The zero-order valence-electron chi connectivity index (χ0n) is 11.1. The lowest BCUT2D eigenvalue weighted by atomic mass is 10.2. The fourth-order valence-corrected chi connectivity index (χ4v) is 2.49. The zero-order valence-corrected chi connectivity index (χ0v) is 12.7. The standard InChI is InChI=1S/C15H12ClNO3S/c1-20-11-4-5-13(16)14(8-11)17-15(19)10-7-12(21-9-10)3-2-6-18/h4-5,7-9,18H,6H2,1H3,(H,17,19). The smallest absolute Gasteiger partial charge is 0.256 e. The Labute approximate surface area is 131 Å². The van der Waals surface area contributed by atoms with Gasteiger partial charge in [0.05, 0.1) is 28.3 Å². The van der Waals surface area contributed by atoms with E-state index in [2.05, 4.69) is 17.2 Å². The monoisotopic (exact) mass is 321 g/mol. The molecule has 21 heavy (non-hydrogen) atoms. The first-order chi connectivity index (χ1) is 10.1. The Bertz CT molecular complexity index is 715. The first-order valence-corrected chi connectivity index (χ1v) is 7.23. The third kappa shape index (κ3) is 3.99. The number of amides is 1. The molecule has 108 valence electrons. The highest BCUT2D eigenvalue weighted by molar-refractivity contribution is 7.10. The van der Waals surface area contributed by atoms with Gasteiger partial charge in [-0.3, -0.25) is 4.79 Å². The van der Waals surface area contributed by atoms with Gasteiger partial charge < -0.3 is 15.2 Å². The van der Waals surface area contributed by atoms with Gasteiger partial charge in [0.2, 0.25) is 0 Å². The average Bonchev–Trinajstić information content (AvgIpc) is 2.96. The van der Waals surface area contributed by atoms with Crippen molar-refractivity contribution in [2.45, 2.75) is 0 Å². The van der Waals surface area contributed by atoms with E-state index in [0.29, 0.717) is 26.9 Å². The van der Waals surface area contributed by atoms with Crippen molar-refractivity contribution < 1.29 is 14.6 Å². The van der Waals surface area contributed by atoms with Crippen LogP contribution in [0, 0.1) is 11.8 Å². The molecule has 1 heterocycles. The minimum absolute atomic E-state index is 0.209. The maximum atomic E-state index is 12.2. The molecule has 0 bridgehead atoms. The largest absolute Gasteiger partial charge is 0.497 e. The van der Waals surface area contributed by atoms with Crippen molar-refractivity contribution in [2.75, 3.05) is 19.0 Å². The Morgan fingerprint density at radius 1 is 1.48 bits per heavy atom. The number of carbonyl (C=O) groups excluding carboxylic acids is 1. The van der Waals surface area contributed by atoms with Crippen LogP contribution in [0.15, 0.2) is 29.6 Å². The number of nitrogens with one attached hydrogen (secondary N) is 1. The number of rotatable bonds is 3. The van der Waals surface area contributed by atoms with E-state index in [1.165, 1.54) is 11.3 Å². The van der Waals surface area contributed by atoms with Crippen LogP contribution in [0.2, 0.25) is 5.02 Å². The molecule has 0 saturated carbocycles. The van der Waals surface area contributed by atoms with Gasteiger partial charge >= 0.3 is 0 Å². The van der Waals surface area contributed by atoms with Crippen LogP contribution in [0.25, 0.3) is 0 Å². The first kappa shape index (κ1) is 15.4. The third-order valence-electron chi connectivity index (χ3n) is 2.57. The number of carbonyl (C=O) groups is 1. The number of methoxy groups -OCH3 is 1. The number of ether oxygens (including phenoxy) is 1. The molecule has 0 fully saturated rings. The Morgan fingerprint density at radius 2 is 2.29 bits per heavy atom. The molecule has 1 amide bonds. The molecule has 1 aromatic heterocycles. The summed E-state index contributed by atoms with van der Waals surface area (Å²) in [6, 6.07) is 6.68. The van der Waals surface area contributed by atoms with Crippen LogP contribution >= 0.6 is 22.9 Å². The summed E-state index contributed by atoms with van der Waals surface area (Å²) in [4.78, 5) is 12.9. The molecule has 6 heteroatoms. The van der Waals surface area contributed by atoms with E-state index < -0.39 is 0 Å². The van der Waals surface area contributed by atoms with E-state index in [9.17, 15) is 4.79 Å². The summed E-state index contributed by atoms with van der Waals surface area (Å²) in [6.45, 7) is -0.209. The number of aliphatic hydroxyl groups is 1.